The Hall–Kier alpha value is -2.62. The van der Waals surface area contributed by atoms with E-state index >= 15 is 0 Å². The van der Waals surface area contributed by atoms with Crippen molar-refractivity contribution in [3.8, 4) is 0 Å². The van der Waals surface area contributed by atoms with Gasteiger partial charge in [-0.05, 0) is 29.7 Å². The van der Waals surface area contributed by atoms with Crippen molar-refractivity contribution in [1.29, 1.82) is 0 Å². The largest absolute Gasteiger partial charge is 0.352 e. The van der Waals surface area contributed by atoms with Crippen molar-refractivity contribution >= 4 is 17.5 Å². The molecular formula is C20H24N2O2. The van der Waals surface area contributed by atoms with Crippen LogP contribution in [0.4, 0.5) is 5.69 Å². The van der Waals surface area contributed by atoms with Crippen molar-refractivity contribution in [3.05, 3.63) is 65.7 Å². The Morgan fingerprint density at radius 2 is 1.62 bits per heavy atom. The summed E-state index contributed by atoms with van der Waals surface area (Å²) in [5.41, 5.74) is 3.11. The summed E-state index contributed by atoms with van der Waals surface area (Å²) in [7, 11) is 0. The molecule has 0 saturated carbocycles. The van der Waals surface area contributed by atoms with Gasteiger partial charge < -0.3 is 10.2 Å². The number of benzene rings is 2. The number of carbonyl (C=O) groups excluding carboxylic acids is 2. The number of hydrogen-bond donors (Lipinski definition) is 1. The molecule has 1 N–H and O–H groups in total. The summed E-state index contributed by atoms with van der Waals surface area (Å²) < 4.78 is 0. The quantitative estimate of drug-likeness (QED) is 0.849. The topological polar surface area (TPSA) is 49.4 Å². The van der Waals surface area contributed by atoms with Crippen molar-refractivity contribution in [2.45, 2.75) is 33.2 Å². The van der Waals surface area contributed by atoms with Gasteiger partial charge in [0.15, 0.2) is 0 Å². The Kier molecular flexibility index (Phi) is 6.55. The van der Waals surface area contributed by atoms with Crippen LogP contribution < -0.4 is 10.2 Å². The smallest absolute Gasteiger partial charge is 0.223 e. The number of nitrogens with one attached hydrogen (secondary N) is 1. The SMILES string of the molecule is CCc1ccc(N(CCC(=O)NCc2ccccc2)C(C)=O)cc1. The van der Waals surface area contributed by atoms with E-state index in [1.807, 2.05) is 54.6 Å². The van der Waals surface area contributed by atoms with Gasteiger partial charge in [0.1, 0.15) is 0 Å². The highest BCUT2D eigenvalue weighted by atomic mass is 16.2. The standard InChI is InChI=1S/C20H24N2O2/c1-3-17-9-11-19(12-10-17)22(16(2)23)14-13-20(24)21-15-18-7-5-4-6-8-18/h4-12H,3,13-15H2,1-2H3,(H,21,24). The summed E-state index contributed by atoms with van der Waals surface area (Å²) in [6.07, 6.45) is 1.24. The predicted octanol–water partition coefficient (Wildman–Crippen LogP) is 3.31. The van der Waals surface area contributed by atoms with Gasteiger partial charge in [0, 0.05) is 32.1 Å². The van der Waals surface area contributed by atoms with E-state index in [1.54, 1.807) is 4.90 Å². The molecule has 0 heterocycles. The number of nitrogens with zero attached hydrogens (tertiary/aromatic N) is 1. The van der Waals surface area contributed by atoms with Crippen LogP contribution in [0, 0.1) is 0 Å². The van der Waals surface area contributed by atoms with Crippen LogP contribution in [0.5, 0.6) is 0 Å². The third-order valence-electron chi connectivity index (χ3n) is 3.93. The number of carbonyl (C=O) groups is 2. The number of amides is 2. The molecule has 0 bridgehead atoms. The molecule has 0 aliphatic heterocycles. The van der Waals surface area contributed by atoms with Gasteiger partial charge in [-0.1, -0.05) is 49.4 Å². The molecule has 4 nitrogen and oxygen atoms in total. The van der Waals surface area contributed by atoms with Gasteiger partial charge >= 0.3 is 0 Å². The molecule has 0 aliphatic carbocycles. The molecule has 0 aromatic heterocycles. The molecule has 0 radical (unpaired) electrons. The third-order valence-corrected chi connectivity index (χ3v) is 3.93. The Balaban J connectivity index is 1.88. The monoisotopic (exact) mass is 324 g/mol. The highest BCUT2D eigenvalue weighted by molar-refractivity contribution is 5.92. The van der Waals surface area contributed by atoms with Crippen LogP contribution >= 0.6 is 0 Å². The highest BCUT2D eigenvalue weighted by Gasteiger charge is 2.13. The van der Waals surface area contributed by atoms with Gasteiger partial charge in [0.05, 0.1) is 0 Å². The molecule has 0 unspecified atom stereocenters. The lowest BCUT2D eigenvalue weighted by Crippen LogP contribution is -2.33. The first-order valence-electron chi connectivity index (χ1n) is 8.28. The molecule has 0 fully saturated rings. The molecule has 0 aliphatic rings. The van der Waals surface area contributed by atoms with Gasteiger partial charge in [-0.2, -0.15) is 0 Å². The van der Waals surface area contributed by atoms with E-state index in [4.69, 9.17) is 0 Å². The molecule has 2 aromatic carbocycles. The minimum absolute atomic E-state index is 0.0599. The van der Waals surface area contributed by atoms with Crippen molar-refractivity contribution < 1.29 is 9.59 Å². The van der Waals surface area contributed by atoms with Crippen molar-refractivity contribution in [2.24, 2.45) is 0 Å². The Morgan fingerprint density at radius 3 is 2.21 bits per heavy atom. The summed E-state index contributed by atoms with van der Waals surface area (Å²) in [6.45, 7) is 4.50. The van der Waals surface area contributed by atoms with E-state index in [0.29, 0.717) is 13.1 Å². The number of aryl methyl sites for hydroxylation is 1. The fourth-order valence-corrected chi connectivity index (χ4v) is 2.48. The molecule has 126 valence electrons. The zero-order valence-corrected chi connectivity index (χ0v) is 14.3. The second-order valence-electron chi connectivity index (χ2n) is 5.70. The maximum Gasteiger partial charge on any atom is 0.223 e. The summed E-state index contributed by atoms with van der Waals surface area (Å²) in [4.78, 5) is 25.6. The zero-order chi connectivity index (χ0) is 17.4. The van der Waals surface area contributed by atoms with Crippen LogP contribution in [0.25, 0.3) is 0 Å². The summed E-state index contributed by atoms with van der Waals surface area (Å²) in [5.74, 6) is -0.120. The van der Waals surface area contributed by atoms with Gasteiger partial charge in [-0.25, -0.2) is 0 Å². The summed E-state index contributed by atoms with van der Waals surface area (Å²) in [5, 5.41) is 2.89. The second-order valence-corrected chi connectivity index (χ2v) is 5.70. The van der Waals surface area contributed by atoms with Crippen LogP contribution in [0.3, 0.4) is 0 Å². The molecule has 2 rings (SSSR count). The minimum atomic E-state index is -0.0601. The van der Waals surface area contributed by atoms with Crippen molar-refractivity contribution in [1.82, 2.24) is 5.32 Å². The first-order valence-corrected chi connectivity index (χ1v) is 8.28. The number of anilines is 1. The third kappa shape index (κ3) is 5.23. The average Bonchev–Trinajstić information content (AvgIpc) is 2.61. The lowest BCUT2D eigenvalue weighted by atomic mass is 10.1. The van der Waals surface area contributed by atoms with Crippen LogP contribution in [-0.4, -0.2) is 18.4 Å². The van der Waals surface area contributed by atoms with Crippen molar-refractivity contribution in [3.63, 3.8) is 0 Å². The first kappa shape index (κ1) is 17.7. The van der Waals surface area contributed by atoms with Gasteiger partial charge in [0.25, 0.3) is 0 Å². The Bertz CT molecular complexity index is 666. The van der Waals surface area contributed by atoms with Gasteiger partial charge in [-0.15, -0.1) is 0 Å². The molecule has 24 heavy (non-hydrogen) atoms. The zero-order valence-electron chi connectivity index (χ0n) is 14.3. The van der Waals surface area contributed by atoms with Crippen LogP contribution in [0.15, 0.2) is 54.6 Å². The van der Waals surface area contributed by atoms with Crippen LogP contribution in [0.1, 0.15) is 31.4 Å². The summed E-state index contributed by atoms with van der Waals surface area (Å²) in [6, 6.07) is 17.7. The number of hydrogen-bond acceptors (Lipinski definition) is 2. The summed E-state index contributed by atoms with van der Waals surface area (Å²) >= 11 is 0. The molecular weight excluding hydrogens is 300 g/mol. The van der Waals surface area contributed by atoms with E-state index in [0.717, 1.165) is 17.7 Å². The van der Waals surface area contributed by atoms with Crippen LogP contribution in [-0.2, 0) is 22.6 Å². The fourth-order valence-electron chi connectivity index (χ4n) is 2.48. The van der Waals surface area contributed by atoms with Gasteiger partial charge in [0.2, 0.25) is 11.8 Å². The Labute approximate surface area is 143 Å². The lowest BCUT2D eigenvalue weighted by Gasteiger charge is -2.21. The predicted molar refractivity (Wildman–Crippen MR) is 96.8 cm³/mol. The van der Waals surface area contributed by atoms with E-state index in [-0.39, 0.29) is 18.2 Å². The Morgan fingerprint density at radius 1 is 0.958 bits per heavy atom. The molecule has 2 aromatic rings. The van der Waals surface area contributed by atoms with E-state index in [1.165, 1.54) is 12.5 Å². The molecule has 4 heteroatoms. The molecule has 0 spiro atoms. The maximum atomic E-state index is 12.0. The molecule has 0 atom stereocenters. The average molecular weight is 324 g/mol. The van der Waals surface area contributed by atoms with Crippen LogP contribution in [0.2, 0.25) is 0 Å². The molecule has 0 saturated heterocycles. The highest BCUT2D eigenvalue weighted by Crippen LogP contribution is 2.16. The van der Waals surface area contributed by atoms with E-state index in [9.17, 15) is 9.59 Å². The molecule has 2 amide bonds. The van der Waals surface area contributed by atoms with E-state index < -0.39 is 0 Å². The fraction of sp³-hybridized carbons (Fsp3) is 0.300. The van der Waals surface area contributed by atoms with Crippen molar-refractivity contribution in [2.75, 3.05) is 11.4 Å². The lowest BCUT2D eigenvalue weighted by molar-refractivity contribution is -0.121. The normalized spacial score (nSPS) is 10.2. The van der Waals surface area contributed by atoms with E-state index in [2.05, 4.69) is 12.2 Å². The second kappa shape index (κ2) is 8.87. The first-order chi connectivity index (χ1) is 11.6. The number of rotatable bonds is 7. The minimum Gasteiger partial charge on any atom is -0.352 e. The maximum absolute atomic E-state index is 12.0. The van der Waals surface area contributed by atoms with Gasteiger partial charge in [-0.3, -0.25) is 9.59 Å².